The van der Waals surface area contributed by atoms with Crippen molar-refractivity contribution in [3.05, 3.63) is 35.5 Å². The summed E-state index contributed by atoms with van der Waals surface area (Å²) < 4.78 is 31.6. The third-order valence-corrected chi connectivity index (χ3v) is 4.35. The van der Waals surface area contributed by atoms with Crippen LogP contribution in [0.4, 0.5) is 5.69 Å². The monoisotopic (exact) mass is 417 g/mol. The number of pyridine rings is 1. The number of anilines is 1. The van der Waals surface area contributed by atoms with Crippen molar-refractivity contribution in [3.63, 3.8) is 0 Å². The van der Waals surface area contributed by atoms with Gasteiger partial charge in [0.15, 0.2) is 0 Å². The maximum absolute atomic E-state index is 8.74. The van der Waals surface area contributed by atoms with E-state index in [1.54, 1.807) is 0 Å². The first-order valence-corrected chi connectivity index (χ1v) is 10.6. The van der Waals surface area contributed by atoms with Crippen LogP contribution in [0, 0.1) is 0 Å². The number of benzene rings is 1. The maximum atomic E-state index is 8.74. The van der Waals surface area contributed by atoms with E-state index >= 15 is 0 Å². The first kappa shape index (κ1) is 23.6. The zero-order valence-corrected chi connectivity index (χ0v) is 17.5. The van der Waals surface area contributed by atoms with Gasteiger partial charge in [-0.2, -0.15) is 8.42 Å². The number of nitrogens with zero attached hydrogens (tertiary/aromatic N) is 2. The topological polar surface area (TPSA) is 103 Å². The SMILES string of the molecule is CCN(CC)CCC[C@@H](C)Nc1ccnc2cc(Cl)ccc12.O=S(=O)(O)O. The molecule has 3 N–H and O–H groups in total. The van der Waals surface area contributed by atoms with Gasteiger partial charge < -0.3 is 10.2 Å². The molecule has 0 aliphatic rings. The summed E-state index contributed by atoms with van der Waals surface area (Å²) in [6.07, 6.45) is 4.21. The van der Waals surface area contributed by atoms with Crippen LogP contribution in [0.1, 0.15) is 33.6 Å². The number of aromatic nitrogens is 1. The smallest absolute Gasteiger partial charge is 0.382 e. The van der Waals surface area contributed by atoms with Crippen LogP contribution in [0.15, 0.2) is 30.5 Å². The third-order valence-electron chi connectivity index (χ3n) is 4.11. The van der Waals surface area contributed by atoms with Crippen LogP contribution in [-0.2, 0) is 10.4 Å². The summed E-state index contributed by atoms with van der Waals surface area (Å²) in [6, 6.07) is 8.35. The molecule has 7 nitrogen and oxygen atoms in total. The Hall–Kier alpha value is -1.45. The van der Waals surface area contributed by atoms with Gasteiger partial charge >= 0.3 is 10.4 Å². The lowest BCUT2D eigenvalue weighted by molar-refractivity contribution is 0.295. The molecule has 0 unspecified atom stereocenters. The molecule has 0 radical (unpaired) electrons. The molecule has 1 atom stereocenters. The third kappa shape index (κ3) is 9.88. The molecule has 0 saturated heterocycles. The van der Waals surface area contributed by atoms with Gasteiger partial charge in [-0.3, -0.25) is 14.1 Å². The summed E-state index contributed by atoms with van der Waals surface area (Å²) in [5.74, 6) is 0. The number of hydrogen-bond acceptors (Lipinski definition) is 5. The lowest BCUT2D eigenvalue weighted by Crippen LogP contribution is -2.25. The second-order valence-corrected chi connectivity index (χ2v) is 7.51. The van der Waals surface area contributed by atoms with E-state index in [0.29, 0.717) is 6.04 Å². The fourth-order valence-electron chi connectivity index (χ4n) is 2.75. The quantitative estimate of drug-likeness (QED) is 0.554. The average molecular weight is 418 g/mol. The van der Waals surface area contributed by atoms with E-state index < -0.39 is 10.4 Å². The van der Waals surface area contributed by atoms with Crippen LogP contribution in [0.2, 0.25) is 5.02 Å². The van der Waals surface area contributed by atoms with E-state index in [0.717, 1.165) is 41.1 Å². The molecule has 1 aromatic heterocycles. The molecule has 2 rings (SSSR count). The van der Waals surface area contributed by atoms with Crippen molar-refractivity contribution in [2.75, 3.05) is 25.0 Å². The van der Waals surface area contributed by atoms with Gasteiger partial charge in [0.2, 0.25) is 0 Å². The van der Waals surface area contributed by atoms with Crippen LogP contribution < -0.4 is 5.32 Å². The highest BCUT2D eigenvalue weighted by atomic mass is 35.5. The summed E-state index contributed by atoms with van der Waals surface area (Å²) in [5, 5.41) is 5.47. The number of fused-ring (bicyclic) bond motifs is 1. The molecule has 0 bridgehead atoms. The Morgan fingerprint density at radius 1 is 1.22 bits per heavy atom. The summed E-state index contributed by atoms with van der Waals surface area (Å²) in [4.78, 5) is 6.86. The Kier molecular flexibility index (Phi) is 9.97. The average Bonchev–Trinajstić information content (AvgIpc) is 2.57. The van der Waals surface area contributed by atoms with Crippen LogP contribution in [0.25, 0.3) is 10.9 Å². The molecular weight excluding hydrogens is 390 g/mol. The number of nitrogens with one attached hydrogen (secondary N) is 1. The highest BCUT2D eigenvalue weighted by Crippen LogP contribution is 2.25. The summed E-state index contributed by atoms with van der Waals surface area (Å²) in [5.41, 5.74) is 2.07. The van der Waals surface area contributed by atoms with Crippen molar-refractivity contribution < 1.29 is 17.5 Å². The Bertz CT molecular complexity index is 805. The molecule has 0 spiro atoms. The molecule has 1 heterocycles. The molecular formula is C18H28ClN3O4S. The molecule has 2 aromatic rings. The fourth-order valence-corrected chi connectivity index (χ4v) is 2.91. The zero-order chi connectivity index (χ0) is 20.4. The summed E-state index contributed by atoms with van der Waals surface area (Å²) in [7, 11) is -4.67. The zero-order valence-electron chi connectivity index (χ0n) is 15.9. The predicted molar refractivity (Wildman–Crippen MR) is 111 cm³/mol. The van der Waals surface area contributed by atoms with E-state index in [4.69, 9.17) is 29.1 Å². The molecule has 0 aliphatic heterocycles. The second kappa shape index (κ2) is 11.4. The van der Waals surface area contributed by atoms with Gasteiger partial charge in [0, 0.05) is 28.3 Å². The Balaban J connectivity index is 0.000000646. The van der Waals surface area contributed by atoms with Gasteiger partial charge in [0.1, 0.15) is 0 Å². The lowest BCUT2D eigenvalue weighted by Gasteiger charge is -2.20. The Morgan fingerprint density at radius 2 is 1.85 bits per heavy atom. The van der Waals surface area contributed by atoms with E-state index in [9.17, 15) is 0 Å². The minimum absolute atomic E-state index is 0.442. The fraction of sp³-hybridized carbons (Fsp3) is 0.500. The largest absolute Gasteiger partial charge is 0.394 e. The van der Waals surface area contributed by atoms with Crippen molar-refractivity contribution in [2.45, 2.75) is 39.7 Å². The van der Waals surface area contributed by atoms with Crippen LogP contribution in [0.3, 0.4) is 0 Å². The van der Waals surface area contributed by atoms with Crippen molar-refractivity contribution in [2.24, 2.45) is 0 Å². The van der Waals surface area contributed by atoms with E-state index in [1.807, 2.05) is 30.5 Å². The van der Waals surface area contributed by atoms with Crippen molar-refractivity contribution in [1.82, 2.24) is 9.88 Å². The Labute approximate surface area is 166 Å². The second-order valence-electron chi connectivity index (χ2n) is 6.18. The van der Waals surface area contributed by atoms with Gasteiger partial charge in [0.25, 0.3) is 0 Å². The first-order valence-electron chi connectivity index (χ1n) is 8.87. The van der Waals surface area contributed by atoms with Gasteiger partial charge in [-0.1, -0.05) is 25.4 Å². The number of halogens is 1. The lowest BCUT2D eigenvalue weighted by atomic mass is 10.1. The van der Waals surface area contributed by atoms with Crippen molar-refractivity contribution in [3.8, 4) is 0 Å². The highest BCUT2D eigenvalue weighted by molar-refractivity contribution is 7.79. The minimum atomic E-state index is -4.67. The maximum Gasteiger partial charge on any atom is 0.394 e. The van der Waals surface area contributed by atoms with Crippen molar-refractivity contribution in [1.29, 1.82) is 0 Å². The molecule has 152 valence electrons. The van der Waals surface area contributed by atoms with Gasteiger partial charge in [-0.25, -0.2) is 0 Å². The van der Waals surface area contributed by atoms with Crippen molar-refractivity contribution >= 4 is 38.6 Å². The molecule has 0 amide bonds. The number of rotatable bonds is 8. The summed E-state index contributed by atoms with van der Waals surface area (Å²) >= 11 is 6.04. The molecule has 0 fully saturated rings. The summed E-state index contributed by atoms with van der Waals surface area (Å²) in [6.45, 7) is 10.1. The van der Waals surface area contributed by atoms with Gasteiger partial charge in [-0.15, -0.1) is 0 Å². The molecule has 9 heteroatoms. The number of hydrogen-bond donors (Lipinski definition) is 3. The standard InChI is InChI=1S/C18H26ClN3.H2O4S/c1-4-22(5-2)12-6-7-14(3)21-17-10-11-20-18-13-15(19)8-9-16(17)18;1-5(2,3)4/h8-11,13-14H,4-7,12H2,1-3H3,(H,20,21);(H2,1,2,3,4)/t14-;/m1./s1. The van der Waals surface area contributed by atoms with E-state index in [-0.39, 0.29) is 0 Å². The van der Waals surface area contributed by atoms with Gasteiger partial charge in [0.05, 0.1) is 5.52 Å². The Morgan fingerprint density at radius 3 is 2.44 bits per heavy atom. The van der Waals surface area contributed by atoms with Crippen LogP contribution in [0.5, 0.6) is 0 Å². The van der Waals surface area contributed by atoms with E-state index in [1.165, 1.54) is 13.0 Å². The van der Waals surface area contributed by atoms with Crippen LogP contribution in [-0.4, -0.2) is 53.1 Å². The minimum Gasteiger partial charge on any atom is -0.382 e. The molecule has 1 aromatic carbocycles. The van der Waals surface area contributed by atoms with E-state index in [2.05, 4.69) is 36.0 Å². The van der Waals surface area contributed by atoms with Gasteiger partial charge in [-0.05, 0) is 63.7 Å². The van der Waals surface area contributed by atoms with Crippen LogP contribution >= 0.6 is 11.6 Å². The highest BCUT2D eigenvalue weighted by Gasteiger charge is 2.07. The molecule has 27 heavy (non-hydrogen) atoms. The molecule has 0 saturated carbocycles. The predicted octanol–water partition coefficient (Wildman–Crippen LogP) is 4.16. The normalized spacial score (nSPS) is 12.6. The first-order chi connectivity index (χ1) is 12.6. The molecule has 0 aliphatic carbocycles.